The van der Waals surface area contributed by atoms with Crippen molar-refractivity contribution in [2.24, 2.45) is 0 Å². The Kier molecular flexibility index (Phi) is 8.66. The van der Waals surface area contributed by atoms with E-state index in [1.807, 2.05) is 0 Å². The number of carbonyl (C=O) groups is 1. The van der Waals surface area contributed by atoms with Gasteiger partial charge in [-0.1, -0.05) is 0 Å². The fourth-order valence-electron chi connectivity index (χ4n) is 0. The van der Waals surface area contributed by atoms with E-state index in [4.69, 9.17) is 5.11 Å². The standard InChI is InChI=1S/C3H6O2S.Sr/c1-2(6)3(4)5;/h2,6H,1H3,(H,4,5);. The summed E-state index contributed by atoms with van der Waals surface area (Å²) >= 11 is 3.59. The molecule has 2 radical (unpaired) electrons. The number of aliphatic carboxylic acids is 1. The molecule has 0 aliphatic rings. The largest absolute Gasteiger partial charge is 0.480 e. The molecule has 7 heavy (non-hydrogen) atoms. The van der Waals surface area contributed by atoms with Gasteiger partial charge < -0.3 is 5.11 Å². The average molecular weight is 194 g/mol. The van der Waals surface area contributed by atoms with Gasteiger partial charge in [0, 0.05) is 45.5 Å². The first-order valence-corrected chi connectivity index (χ1v) is 2.07. The maximum atomic E-state index is 9.62. The van der Waals surface area contributed by atoms with E-state index in [-0.39, 0.29) is 45.5 Å². The molecule has 0 spiro atoms. The summed E-state index contributed by atoms with van der Waals surface area (Å²) in [5.41, 5.74) is 0. The summed E-state index contributed by atoms with van der Waals surface area (Å²) in [6, 6.07) is 0. The van der Waals surface area contributed by atoms with Crippen molar-refractivity contribution < 1.29 is 9.90 Å². The SMILES string of the molecule is CC(S)C(=O)O.[Sr]. The number of carboxylic acid groups (broad SMARTS) is 1. The van der Waals surface area contributed by atoms with Crippen LogP contribution in [0, 0.1) is 0 Å². The van der Waals surface area contributed by atoms with E-state index < -0.39 is 11.2 Å². The van der Waals surface area contributed by atoms with E-state index in [9.17, 15) is 4.79 Å². The molecule has 0 aliphatic heterocycles. The Morgan fingerprint density at radius 3 is 2.00 bits per heavy atom. The molecule has 0 aromatic carbocycles. The summed E-state index contributed by atoms with van der Waals surface area (Å²) in [6.07, 6.45) is 0. The minimum absolute atomic E-state index is 0. The molecule has 38 valence electrons. The number of hydrogen-bond acceptors (Lipinski definition) is 2. The molecule has 0 bridgehead atoms. The molecule has 0 fully saturated rings. The second kappa shape index (κ2) is 5.44. The minimum atomic E-state index is -0.877. The van der Waals surface area contributed by atoms with Gasteiger partial charge in [-0.05, 0) is 6.92 Å². The third-order valence-electron chi connectivity index (χ3n) is 0.357. The van der Waals surface area contributed by atoms with Crippen LogP contribution in [-0.4, -0.2) is 61.8 Å². The molecule has 0 aliphatic carbocycles. The quantitative estimate of drug-likeness (QED) is 0.455. The second-order valence-corrected chi connectivity index (χ2v) is 1.79. The van der Waals surface area contributed by atoms with Crippen LogP contribution in [0.4, 0.5) is 0 Å². The molecule has 0 saturated heterocycles. The van der Waals surface area contributed by atoms with Crippen LogP contribution in [0.2, 0.25) is 0 Å². The predicted molar refractivity (Wildman–Crippen MR) is 31.8 cm³/mol. The summed E-state index contributed by atoms with van der Waals surface area (Å²) in [4.78, 5) is 9.62. The van der Waals surface area contributed by atoms with E-state index in [1.165, 1.54) is 6.92 Å². The molecule has 0 rings (SSSR count). The Labute approximate surface area is 85.0 Å². The van der Waals surface area contributed by atoms with Gasteiger partial charge in [-0.3, -0.25) is 4.79 Å². The number of hydrogen-bond donors (Lipinski definition) is 2. The average Bonchev–Trinajstić information content (AvgIpc) is 1.36. The van der Waals surface area contributed by atoms with E-state index in [2.05, 4.69) is 12.6 Å². The van der Waals surface area contributed by atoms with Crippen molar-refractivity contribution in [2.75, 3.05) is 0 Å². The molecule has 0 aromatic rings. The van der Waals surface area contributed by atoms with Crippen molar-refractivity contribution in [2.45, 2.75) is 12.2 Å². The van der Waals surface area contributed by atoms with Crippen LogP contribution in [0.3, 0.4) is 0 Å². The Hall–Kier alpha value is 1.30. The summed E-state index contributed by atoms with van der Waals surface area (Å²) in [7, 11) is 0. The Bertz CT molecular complexity index is 64.0. The van der Waals surface area contributed by atoms with Gasteiger partial charge in [0.25, 0.3) is 0 Å². The van der Waals surface area contributed by atoms with Gasteiger partial charge in [0.2, 0.25) is 0 Å². The fourth-order valence-corrected chi connectivity index (χ4v) is 0. The van der Waals surface area contributed by atoms with Crippen LogP contribution in [0.15, 0.2) is 0 Å². The van der Waals surface area contributed by atoms with E-state index in [1.54, 1.807) is 0 Å². The van der Waals surface area contributed by atoms with Crippen LogP contribution in [0.25, 0.3) is 0 Å². The molecule has 0 amide bonds. The van der Waals surface area contributed by atoms with Crippen molar-refractivity contribution in [1.82, 2.24) is 0 Å². The number of carboxylic acids is 1. The maximum absolute atomic E-state index is 9.62. The van der Waals surface area contributed by atoms with Gasteiger partial charge in [-0.2, -0.15) is 12.6 Å². The third kappa shape index (κ3) is 7.30. The van der Waals surface area contributed by atoms with Gasteiger partial charge in [0.15, 0.2) is 0 Å². The summed E-state index contributed by atoms with van der Waals surface area (Å²) in [6.45, 7) is 1.51. The van der Waals surface area contributed by atoms with Crippen molar-refractivity contribution >= 4 is 64.1 Å². The molecule has 0 aromatic heterocycles. The molecule has 0 saturated carbocycles. The second-order valence-electron chi connectivity index (χ2n) is 1.01. The zero-order chi connectivity index (χ0) is 5.15. The molecule has 1 unspecified atom stereocenters. The van der Waals surface area contributed by atoms with E-state index >= 15 is 0 Å². The van der Waals surface area contributed by atoms with Crippen LogP contribution in [-0.2, 0) is 4.79 Å². The van der Waals surface area contributed by atoms with E-state index in [0.717, 1.165) is 0 Å². The van der Waals surface area contributed by atoms with Crippen molar-refractivity contribution in [3.8, 4) is 0 Å². The zero-order valence-electron chi connectivity index (χ0n) is 4.09. The molecular formula is C3H6O2SSr. The number of thiol groups is 1. The van der Waals surface area contributed by atoms with Crippen LogP contribution >= 0.6 is 12.6 Å². The van der Waals surface area contributed by atoms with Gasteiger partial charge >= 0.3 is 5.97 Å². The third-order valence-corrected chi connectivity index (χ3v) is 0.578. The topological polar surface area (TPSA) is 37.3 Å². The van der Waals surface area contributed by atoms with Crippen molar-refractivity contribution in [3.05, 3.63) is 0 Å². The molecule has 2 nitrogen and oxygen atoms in total. The molecule has 0 heterocycles. The molecule has 1 N–H and O–H groups in total. The molecular weight excluding hydrogens is 188 g/mol. The Morgan fingerprint density at radius 2 is 2.00 bits per heavy atom. The van der Waals surface area contributed by atoms with Crippen molar-refractivity contribution in [3.63, 3.8) is 0 Å². The van der Waals surface area contributed by atoms with Gasteiger partial charge in [0.1, 0.15) is 0 Å². The minimum Gasteiger partial charge on any atom is -0.480 e. The van der Waals surface area contributed by atoms with Gasteiger partial charge in [-0.15, -0.1) is 0 Å². The van der Waals surface area contributed by atoms with Crippen LogP contribution in [0.5, 0.6) is 0 Å². The fraction of sp³-hybridized carbons (Fsp3) is 0.667. The van der Waals surface area contributed by atoms with Crippen LogP contribution < -0.4 is 0 Å². The molecule has 1 atom stereocenters. The van der Waals surface area contributed by atoms with Gasteiger partial charge in [0.05, 0.1) is 5.25 Å². The van der Waals surface area contributed by atoms with E-state index in [0.29, 0.717) is 0 Å². The summed E-state index contributed by atoms with van der Waals surface area (Å²) < 4.78 is 0. The molecule has 4 heteroatoms. The first kappa shape index (κ1) is 11.1. The predicted octanol–water partition coefficient (Wildman–Crippen LogP) is 0.00850. The summed E-state index contributed by atoms with van der Waals surface area (Å²) in [5.74, 6) is -0.877. The van der Waals surface area contributed by atoms with Crippen LogP contribution in [0.1, 0.15) is 6.92 Å². The smallest absolute Gasteiger partial charge is 0.316 e. The monoisotopic (exact) mass is 194 g/mol. The van der Waals surface area contributed by atoms with Gasteiger partial charge in [-0.25, -0.2) is 0 Å². The Morgan fingerprint density at radius 1 is 1.86 bits per heavy atom. The maximum Gasteiger partial charge on any atom is 0.316 e. The number of rotatable bonds is 1. The summed E-state index contributed by atoms with van der Waals surface area (Å²) in [5, 5.41) is 7.38. The van der Waals surface area contributed by atoms with Crippen molar-refractivity contribution in [1.29, 1.82) is 0 Å². The zero-order valence-corrected chi connectivity index (χ0v) is 8.46. The first-order chi connectivity index (χ1) is 2.64. The Balaban J connectivity index is 0. The normalized spacial score (nSPS) is 11.7. The first-order valence-electron chi connectivity index (χ1n) is 1.55.